The van der Waals surface area contributed by atoms with E-state index in [1.54, 1.807) is 24.3 Å². The summed E-state index contributed by atoms with van der Waals surface area (Å²) in [5, 5.41) is 12.3. The number of carbonyl (C=O) groups excluding carboxylic acids is 1. The molecule has 4 nitrogen and oxygen atoms in total. The summed E-state index contributed by atoms with van der Waals surface area (Å²) in [5.41, 5.74) is 6.86. The maximum atomic E-state index is 12.0. The van der Waals surface area contributed by atoms with Crippen LogP contribution >= 0.6 is 0 Å². The first-order valence-corrected chi connectivity index (χ1v) is 6.95. The van der Waals surface area contributed by atoms with Gasteiger partial charge in [-0.3, -0.25) is 4.79 Å². The Balaban J connectivity index is 1.89. The van der Waals surface area contributed by atoms with Gasteiger partial charge >= 0.3 is 0 Å². The summed E-state index contributed by atoms with van der Waals surface area (Å²) in [6, 6.07) is 6.98. The van der Waals surface area contributed by atoms with E-state index in [0.29, 0.717) is 29.6 Å². The lowest BCUT2D eigenvalue weighted by atomic mass is 9.79. The summed E-state index contributed by atoms with van der Waals surface area (Å²) in [6.45, 7) is 0.859. The van der Waals surface area contributed by atoms with E-state index in [-0.39, 0.29) is 12.5 Å². The average Bonchev–Trinajstić information content (AvgIpc) is 2.45. The molecule has 4 heteroatoms. The molecular formula is C15H22N2O2. The van der Waals surface area contributed by atoms with Crippen molar-refractivity contribution < 1.29 is 9.90 Å². The molecule has 0 bridgehead atoms. The van der Waals surface area contributed by atoms with Crippen LogP contribution in [0, 0.1) is 11.8 Å². The van der Waals surface area contributed by atoms with Crippen molar-refractivity contribution in [3.8, 4) is 0 Å². The number of hydrogen-bond acceptors (Lipinski definition) is 3. The van der Waals surface area contributed by atoms with Gasteiger partial charge in [0.1, 0.15) is 0 Å². The molecule has 1 aromatic carbocycles. The minimum atomic E-state index is -0.0884. The number of benzene rings is 1. The van der Waals surface area contributed by atoms with Crippen LogP contribution in [0.15, 0.2) is 24.3 Å². The Kier molecular flexibility index (Phi) is 4.80. The molecule has 0 radical (unpaired) electrons. The molecule has 2 unspecified atom stereocenters. The van der Waals surface area contributed by atoms with Gasteiger partial charge in [0, 0.05) is 24.4 Å². The Morgan fingerprint density at radius 1 is 1.32 bits per heavy atom. The van der Waals surface area contributed by atoms with Crippen LogP contribution in [0.5, 0.6) is 0 Å². The normalized spacial score (nSPS) is 23.0. The quantitative estimate of drug-likeness (QED) is 0.724. The zero-order valence-corrected chi connectivity index (χ0v) is 11.1. The van der Waals surface area contributed by atoms with Gasteiger partial charge in [0.2, 0.25) is 0 Å². The van der Waals surface area contributed by atoms with Gasteiger partial charge in [-0.2, -0.15) is 0 Å². The van der Waals surface area contributed by atoms with Crippen molar-refractivity contribution in [2.75, 3.05) is 18.9 Å². The Morgan fingerprint density at radius 2 is 2.05 bits per heavy atom. The van der Waals surface area contributed by atoms with Gasteiger partial charge in [-0.25, -0.2) is 0 Å². The topological polar surface area (TPSA) is 75.4 Å². The van der Waals surface area contributed by atoms with Crippen molar-refractivity contribution in [2.24, 2.45) is 11.8 Å². The van der Waals surface area contributed by atoms with Crippen LogP contribution in [0.25, 0.3) is 0 Å². The van der Waals surface area contributed by atoms with Crippen molar-refractivity contribution in [3.63, 3.8) is 0 Å². The maximum Gasteiger partial charge on any atom is 0.251 e. The zero-order valence-electron chi connectivity index (χ0n) is 11.1. The van der Waals surface area contributed by atoms with E-state index in [2.05, 4.69) is 5.32 Å². The number of aliphatic hydroxyl groups excluding tert-OH is 1. The molecule has 1 aliphatic rings. The lowest BCUT2D eigenvalue weighted by Gasteiger charge is -2.30. The molecule has 4 N–H and O–H groups in total. The highest BCUT2D eigenvalue weighted by Crippen LogP contribution is 2.29. The zero-order chi connectivity index (χ0) is 13.7. The number of carbonyl (C=O) groups is 1. The minimum Gasteiger partial charge on any atom is -0.399 e. The van der Waals surface area contributed by atoms with Crippen molar-refractivity contribution in [1.29, 1.82) is 0 Å². The summed E-state index contributed by atoms with van der Waals surface area (Å²) in [7, 11) is 0. The maximum absolute atomic E-state index is 12.0. The second kappa shape index (κ2) is 6.57. The molecule has 2 rings (SSSR count). The molecule has 1 aromatic rings. The number of nitrogens with two attached hydrogens (primary N) is 1. The number of hydrogen-bond donors (Lipinski definition) is 3. The van der Waals surface area contributed by atoms with Gasteiger partial charge < -0.3 is 16.2 Å². The molecule has 104 valence electrons. The second-order valence-electron chi connectivity index (χ2n) is 5.32. The molecular weight excluding hydrogens is 240 g/mol. The fraction of sp³-hybridized carbons (Fsp3) is 0.533. The average molecular weight is 262 g/mol. The van der Waals surface area contributed by atoms with E-state index in [1.807, 2.05) is 0 Å². The van der Waals surface area contributed by atoms with Crippen LogP contribution < -0.4 is 11.1 Å². The highest BCUT2D eigenvalue weighted by molar-refractivity contribution is 5.94. The van der Waals surface area contributed by atoms with Gasteiger partial charge in [-0.15, -0.1) is 0 Å². The number of nitrogen functional groups attached to an aromatic ring is 1. The highest BCUT2D eigenvalue weighted by atomic mass is 16.3. The van der Waals surface area contributed by atoms with Crippen LogP contribution in [0.1, 0.15) is 36.0 Å². The molecule has 1 amide bonds. The van der Waals surface area contributed by atoms with Crippen molar-refractivity contribution in [1.82, 2.24) is 5.32 Å². The molecule has 19 heavy (non-hydrogen) atoms. The molecule has 1 aliphatic carbocycles. The molecule has 0 aromatic heterocycles. The lowest BCUT2D eigenvalue weighted by molar-refractivity contribution is 0.0909. The summed E-state index contributed by atoms with van der Waals surface area (Å²) in [6.07, 6.45) is 4.53. The third-order valence-corrected chi connectivity index (χ3v) is 3.97. The first-order valence-electron chi connectivity index (χ1n) is 6.95. The minimum absolute atomic E-state index is 0.0884. The number of nitrogens with one attached hydrogen (secondary N) is 1. The predicted molar refractivity (Wildman–Crippen MR) is 75.7 cm³/mol. The van der Waals surface area contributed by atoms with Gasteiger partial charge in [0.15, 0.2) is 0 Å². The van der Waals surface area contributed by atoms with E-state index in [1.165, 1.54) is 12.8 Å². The van der Waals surface area contributed by atoms with E-state index >= 15 is 0 Å². The van der Waals surface area contributed by atoms with Gasteiger partial charge in [-0.05, 0) is 42.9 Å². The summed E-state index contributed by atoms with van der Waals surface area (Å²) in [4.78, 5) is 12.0. The molecule has 0 saturated heterocycles. The Bertz CT molecular complexity index is 434. The number of aliphatic hydroxyl groups is 1. The fourth-order valence-electron chi connectivity index (χ4n) is 2.80. The van der Waals surface area contributed by atoms with Gasteiger partial charge in [0.25, 0.3) is 5.91 Å². The van der Waals surface area contributed by atoms with Crippen LogP contribution in [0.3, 0.4) is 0 Å². The van der Waals surface area contributed by atoms with Crippen LogP contribution in [0.4, 0.5) is 5.69 Å². The number of amides is 1. The SMILES string of the molecule is Nc1cccc(C(=O)NCC2CCCCC2CO)c1. The summed E-state index contributed by atoms with van der Waals surface area (Å²) < 4.78 is 0. The molecule has 0 spiro atoms. The number of rotatable bonds is 4. The smallest absolute Gasteiger partial charge is 0.251 e. The monoisotopic (exact) mass is 262 g/mol. The lowest BCUT2D eigenvalue weighted by Crippen LogP contribution is -2.35. The van der Waals surface area contributed by atoms with E-state index in [0.717, 1.165) is 12.8 Å². The third-order valence-electron chi connectivity index (χ3n) is 3.97. The van der Waals surface area contributed by atoms with Crippen molar-refractivity contribution in [3.05, 3.63) is 29.8 Å². The predicted octanol–water partition coefficient (Wildman–Crippen LogP) is 1.80. The molecule has 0 heterocycles. The fourth-order valence-corrected chi connectivity index (χ4v) is 2.80. The Hall–Kier alpha value is -1.55. The highest BCUT2D eigenvalue weighted by Gasteiger charge is 2.24. The second-order valence-corrected chi connectivity index (χ2v) is 5.32. The molecule has 2 atom stereocenters. The molecule has 0 aliphatic heterocycles. The summed E-state index contributed by atoms with van der Waals surface area (Å²) >= 11 is 0. The Labute approximate surface area is 114 Å². The first kappa shape index (κ1) is 13.9. The first-order chi connectivity index (χ1) is 9.20. The van der Waals surface area contributed by atoms with Crippen molar-refractivity contribution >= 4 is 11.6 Å². The van der Waals surface area contributed by atoms with Crippen LogP contribution in [0.2, 0.25) is 0 Å². The van der Waals surface area contributed by atoms with Gasteiger partial charge in [-0.1, -0.05) is 18.9 Å². The molecule has 1 fully saturated rings. The summed E-state index contributed by atoms with van der Waals surface area (Å²) in [5.74, 6) is 0.633. The number of anilines is 1. The van der Waals surface area contributed by atoms with Crippen molar-refractivity contribution in [2.45, 2.75) is 25.7 Å². The van der Waals surface area contributed by atoms with Crippen LogP contribution in [-0.4, -0.2) is 24.2 Å². The largest absolute Gasteiger partial charge is 0.399 e. The van der Waals surface area contributed by atoms with E-state index < -0.39 is 0 Å². The van der Waals surface area contributed by atoms with Crippen LogP contribution in [-0.2, 0) is 0 Å². The molecule has 1 saturated carbocycles. The third kappa shape index (κ3) is 3.70. The van der Waals surface area contributed by atoms with E-state index in [4.69, 9.17) is 5.73 Å². The van der Waals surface area contributed by atoms with E-state index in [9.17, 15) is 9.90 Å². The van der Waals surface area contributed by atoms with Gasteiger partial charge in [0.05, 0.1) is 0 Å². The standard InChI is InChI=1S/C15H22N2O2/c16-14-7-3-6-11(8-14)15(19)17-9-12-4-1-2-5-13(12)10-18/h3,6-8,12-13,18H,1-2,4-5,9-10,16H2,(H,17,19). The Morgan fingerprint density at radius 3 is 2.74 bits per heavy atom.